The van der Waals surface area contributed by atoms with E-state index in [0.717, 1.165) is 18.8 Å². The molecule has 0 spiro atoms. The molecule has 1 fully saturated rings. The van der Waals surface area contributed by atoms with Crippen LogP contribution in [-0.4, -0.2) is 6.04 Å². The van der Waals surface area contributed by atoms with E-state index in [0.29, 0.717) is 6.04 Å². The van der Waals surface area contributed by atoms with Crippen molar-refractivity contribution in [2.45, 2.75) is 57.4 Å². The van der Waals surface area contributed by atoms with E-state index in [4.69, 9.17) is 5.84 Å². The highest BCUT2D eigenvalue weighted by Crippen LogP contribution is 2.29. The normalized spacial score (nSPS) is 18.1. The van der Waals surface area contributed by atoms with Crippen molar-refractivity contribution >= 4 is 0 Å². The number of nitrogens with two attached hydrogens (primary N) is 1. The van der Waals surface area contributed by atoms with E-state index in [1.807, 2.05) is 0 Å². The number of hydrogen-bond acceptors (Lipinski definition) is 2. The van der Waals surface area contributed by atoms with E-state index in [9.17, 15) is 0 Å². The number of nitrogens with one attached hydrogen (secondary N) is 1. The van der Waals surface area contributed by atoms with Crippen LogP contribution in [0.1, 0.15) is 50.5 Å². The van der Waals surface area contributed by atoms with E-state index in [1.165, 1.54) is 44.1 Å². The van der Waals surface area contributed by atoms with Crippen LogP contribution in [0, 0.1) is 5.92 Å². The first-order valence-electron chi connectivity index (χ1n) is 7.38. The van der Waals surface area contributed by atoms with Crippen LogP contribution in [0.5, 0.6) is 0 Å². The maximum absolute atomic E-state index is 5.67. The number of hydrogen-bond donors (Lipinski definition) is 2. The van der Waals surface area contributed by atoms with Gasteiger partial charge in [0.2, 0.25) is 0 Å². The van der Waals surface area contributed by atoms with Gasteiger partial charge in [-0.05, 0) is 37.2 Å². The minimum absolute atomic E-state index is 0.478. The zero-order valence-electron chi connectivity index (χ0n) is 11.3. The van der Waals surface area contributed by atoms with Gasteiger partial charge < -0.3 is 0 Å². The number of rotatable bonds is 7. The predicted molar refractivity (Wildman–Crippen MR) is 77.1 cm³/mol. The van der Waals surface area contributed by atoms with Crippen LogP contribution in [0.4, 0.5) is 0 Å². The molecule has 2 nitrogen and oxygen atoms in total. The molecule has 1 aliphatic rings. The van der Waals surface area contributed by atoms with Crippen molar-refractivity contribution in [3.05, 3.63) is 35.9 Å². The van der Waals surface area contributed by atoms with Gasteiger partial charge in [0.1, 0.15) is 0 Å². The molecular weight excluding hydrogens is 220 g/mol. The van der Waals surface area contributed by atoms with Gasteiger partial charge in [0.25, 0.3) is 0 Å². The molecule has 100 valence electrons. The standard InChI is InChI=1S/C16H26N2/c17-18-16(13-11-15-8-4-5-9-15)12-10-14-6-2-1-3-7-14/h1-3,6-7,15-16,18H,4-5,8-13,17H2. The highest BCUT2D eigenvalue weighted by atomic mass is 15.2. The van der Waals surface area contributed by atoms with E-state index in [2.05, 4.69) is 35.8 Å². The zero-order chi connectivity index (χ0) is 12.6. The van der Waals surface area contributed by atoms with Crippen LogP contribution in [-0.2, 0) is 6.42 Å². The Kier molecular flexibility index (Phi) is 5.69. The summed E-state index contributed by atoms with van der Waals surface area (Å²) in [6, 6.07) is 11.2. The number of hydrazine groups is 1. The summed E-state index contributed by atoms with van der Waals surface area (Å²) in [5, 5.41) is 0. The highest BCUT2D eigenvalue weighted by Gasteiger charge is 2.16. The molecule has 0 aliphatic heterocycles. The summed E-state index contributed by atoms with van der Waals surface area (Å²) >= 11 is 0. The fourth-order valence-corrected chi connectivity index (χ4v) is 3.03. The van der Waals surface area contributed by atoms with Crippen LogP contribution in [0.2, 0.25) is 0 Å². The molecule has 3 N–H and O–H groups in total. The van der Waals surface area contributed by atoms with Gasteiger partial charge in [-0.1, -0.05) is 56.0 Å². The summed E-state index contributed by atoms with van der Waals surface area (Å²) in [4.78, 5) is 0. The lowest BCUT2D eigenvalue weighted by molar-refractivity contribution is 0.394. The molecule has 1 saturated carbocycles. The SMILES string of the molecule is NNC(CCc1ccccc1)CCC1CCCC1. The lowest BCUT2D eigenvalue weighted by Crippen LogP contribution is -2.35. The van der Waals surface area contributed by atoms with Crippen molar-refractivity contribution < 1.29 is 0 Å². The topological polar surface area (TPSA) is 38.0 Å². The van der Waals surface area contributed by atoms with Crippen LogP contribution < -0.4 is 11.3 Å². The molecule has 0 bridgehead atoms. The molecule has 0 amide bonds. The van der Waals surface area contributed by atoms with Gasteiger partial charge in [-0.2, -0.15) is 0 Å². The second kappa shape index (κ2) is 7.55. The van der Waals surface area contributed by atoms with Gasteiger partial charge in [0.05, 0.1) is 0 Å². The van der Waals surface area contributed by atoms with Crippen LogP contribution in [0.25, 0.3) is 0 Å². The minimum atomic E-state index is 0.478. The van der Waals surface area contributed by atoms with Crippen molar-refractivity contribution in [1.29, 1.82) is 0 Å². The molecule has 18 heavy (non-hydrogen) atoms. The monoisotopic (exact) mass is 246 g/mol. The Labute approximate surface area is 111 Å². The number of benzene rings is 1. The fourth-order valence-electron chi connectivity index (χ4n) is 3.03. The summed E-state index contributed by atoms with van der Waals surface area (Å²) in [6.45, 7) is 0. The van der Waals surface area contributed by atoms with Gasteiger partial charge in [0.15, 0.2) is 0 Å². The van der Waals surface area contributed by atoms with Gasteiger partial charge in [-0.25, -0.2) is 0 Å². The van der Waals surface area contributed by atoms with E-state index >= 15 is 0 Å². The third kappa shape index (κ3) is 4.43. The lowest BCUT2D eigenvalue weighted by atomic mass is 9.95. The molecule has 1 atom stereocenters. The molecule has 1 aliphatic carbocycles. The summed E-state index contributed by atoms with van der Waals surface area (Å²) in [6.07, 6.45) is 10.6. The second-order valence-corrected chi connectivity index (χ2v) is 5.62. The third-order valence-electron chi connectivity index (χ3n) is 4.26. The Morgan fingerprint density at radius 3 is 2.50 bits per heavy atom. The Morgan fingerprint density at radius 1 is 1.11 bits per heavy atom. The molecule has 2 rings (SSSR count). The maximum atomic E-state index is 5.67. The van der Waals surface area contributed by atoms with Gasteiger partial charge in [0, 0.05) is 6.04 Å². The number of aryl methyl sites for hydroxylation is 1. The largest absolute Gasteiger partial charge is 0.271 e. The van der Waals surface area contributed by atoms with Crippen molar-refractivity contribution in [3.63, 3.8) is 0 Å². The molecule has 1 unspecified atom stereocenters. The van der Waals surface area contributed by atoms with E-state index < -0.39 is 0 Å². The molecule has 0 radical (unpaired) electrons. The molecule has 1 aromatic rings. The first-order valence-corrected chi connectivity index (χ1v) is 7.38. The smallest absolute Gasteiger partial charge is 0.0213 e. The van der Waals surface area contributed by atoms with E-state index in [-0.39, 0.29) is 0 Å². The molecule has 1 aromatic carbocycles. The molecule has 0 heterocycles. The predicted octanol–water partition coefficient (Wildman–Crippen LogP) is 3.42. The van der Waals surface area contributed by atoms with Crippen molar-refractivity contribution in [3.8, 4) is 0 Å². The third-order valence-corrected chi connectivity index (χ3v) is 4.26. The highest BCUT2D eigenvalue weighted by molar-refractivity contribution is 5.14. The molecule has 0 aromatic heterocycles. The maximum Gasteiger partial charge on any atom is 0.0213 e. The minimum Gasteiger partial charge on any atom is -0.271 e. The fraction of sp³-hybridized carbons (Fsp3) is 0.625. The Morgan fingerprint density at radius 2 is 1.83 bits per heavy atom. The average Bonchev–Trinajstić information content (AvgIpc) is 2.93. The van der Waals surface area contributed by atoms with Crippen molar-refractivity contribution in [2.75, 3.05) is 0 Å². The summed E-state index contributed by atoms with van der Waals surface area (Å²) in [7, 11) is 0. The first kappa shape index (κ1) is 13.6. The molecule has 0 saturated heterocycles. The zero-order valence-corrected chi connectivity index (χ0v) is 11.3. The quantitative estimate of drug-likeness (QED) is 0.571. The Balaban J connectivity index is 1.68. The van der Waals surface area contributed by atoms with Crippen LogP contribution >= 0.6 is 0 Å². The van der Waals surface area contributed by atoms with Gasteiger partial charge >= 0.3 is 0 Å². The summed E-state index contributed by atoms with van der Waals surface area (Å²) in [5.74, 6) is 6.64. The average molecular weight is 246 g/mol. The van der Waals surface area contributed by atoms with E-state index in [1.54, 1.807) is 0 Å². The van der Waals surface area contributed by atoms with Gasteiger partial charge in [-0.3, -0.25) is 11.3 Å². The van der Waals surface area contributed by atoms with Crippen LogP contribution in [0.15, 0.2) is 30.3 Å². The van der Waals surface area contributed by atoms with Crippen LogP contribution in [0.3, 0.4) is 0 Å². The van der Waals surface area contributed by atoms with Gasteiger partial charge in [-0.15, -0.1) is 0 Å². The second-order valence-electron chi connectivity index (χ2n) is 5.62. The Hall–Kier alpha value is -0.860. The first-order chi connectivity index (χ1) is 8.88. The molecular formula is C16H26N2. The lowest BCUT2D eigenvalue weighted by Gasteiger charge is -2.18. The summed E-state index contributed by atoms with van der Waals surface area (Å²) < 4.78 is 0. The van der Waals surface area contributed by atoms with Crippen molar-refractivity contribution in [1.82, 2.24) is 5.43 Å². The Bertz CT molecular complexity index is 317. The summed E-state index contributed by atoms with van der Waals surface area (Å²) in [5.41, 5.74) is 4.41. The van der Waals surface area contributed by atoms with Crippen molar-refractivity contribution in [2.24, 2.45) is 11.8 Å². The molecule has 2 heteroatoms.